The summed E-state index contributed by atoms with van der Waals surface area (Å²) in [5, 5.41) is 20.7. The second-order valence-electron chi connectivity index (χ2n) is 4.98. The van der Waals surface area contributed by atoms with Gasteiger partial charge in [-0.3, -0.25) is 0 Å². The molecule has 7 heteroatoms. The van der Waals surface area contributed by atoms with E-state index in [0.29, 0.717) is 0 Å². The van der Waals surface area contributed by atoms with Gasteiger partial charge in [0, 0.05) is 24.9 Å². The molecule has 2 N–H and O–H groups in total. The summed E-state index contributed by atoms with van der Waals surface area (Å²) in [6.45, 7) is 1.96. The van der Waals surface area contributed by atoms with E-state index >= 15 is 0 Å². The van der Waals surface area contributed by atoms with Crippen LogP contribution in [0.15, 0.2) is 17.5 Å². The highest BCUT2D eigenvalue weighted by Crippen LogP contribution is 2.27. The molecular weight excluding hydrogens is 280 g/mol. The first-order chi connectivity index (χ1) is 9.41. The lowest BCUT2D eigenvalue weighted by Gasteiger charge is -2.31. The van der Waals surface area contributed by atoms with E-state index in [-0.39, 0.29) is 25.0 Å². The summed E-state index contributed by atoms with van der Waals surface area (Å²) in [5.41, 5.74) is 0. The minimum absolute atomic E-state index is 0.0668. The number of hydrogen-bond acceptors (Lipinski definition) is 4. The first kappa shape index (κ1) is 14.8. The molecule has 0 bridgehead atoms. The normalized spacial score (nSPS) is 23.6. The van der Waals surface area contributed by atoms with E-state index in [4.69, 9.17) is 5.11 Å². The number of likely N-dealkylation sites (tertiary alicyclic amines) is 1. The van der Waals surface area contributed by atoms with Gasteiger partial charge in [0.15, 0.2) is 0 Å². The summed E-state index contributed by atoms with van der Waals surface area (Å²) in [6.07, 6.45) is -0.687. The maximum Gasteiger partial charge on any atom is 0.326 e. The maximum absolute atomic E-state index is 12.4. The molecule has 20 heavy (non-hydrogen) atoms. The zero-order valence-corrected chi connectivity index (χ0v) is 12.2. The van der Waals surface area contributed by atoms with Gasteiger partial charge < -0.3 is 20.0 Å². The molecule has 2 heterocycles. The number of thiophene rings is 1. The molecule has 0 radical (unpaired) electrons. The van der Waals surface area contributed by atoms with Crippen LogP contribution in [0.25, 0.3) is 0 Å². The first-order valence-electron chi connectivity index (χ1n) is 6.39. The molecular formula is C13H18N2O4S. The SMILES string of the molecule is CC(c1cccs1)N(C)C(=O)N1C[C@H](O)C[C@H]1C(=O)O. The van der Waals surface area contributed by atoms with Gasteiger partial charge in [-0.25, -0.2) is 9.59 Å². The van der Waals surface area contributed by atoms with E-state index in [2.05, 4.69) is 0 Å². The highest BCUT2D eigenvalue weighted by atomic mass is 32.1. The number of urea groups is 1. The van der Waals surface area contributed by atoms with E-state index in [1.807, 2.05) is 24.4 Å². The highest BCUT2D eigenvalue weighted by Gasteiger charge is 2.40. The predicted octanol–water partition coefficient (Wildman–Crippen LogP) is 1.38. The fraction of sp³-hybridized carbons (Fsp3) is 0.538. The first-order valence-corrected chi connectivity index (χ1v) is 7.27. The molecule has 1 aliphatic heterocycles. The van der Waals surface area contributed by atoms with Crippen molar-refractivity contribution in [1.29, 1.82) is 0 Å². The van der Waals surface area contributed by atoms with E-state index in [0.717, 1.165) is 4.88 Å². The number of amides is 2. The second kappa shape index (κ2) is 5.80. The lowest BCUT2D eigenvalue weighted by molar-refractivity contribution is -0.141. The van der Waals surface area contributed by atoms with Crippen molar-refractivity contribution in [2.75, 3.05) is 13.6 Å². The largest absolute Gasteiger partial charge is 0.480 e. The Balaban J connectivity index is 2.12. The number of aliphatic hydroxyl groups is 1. The number of aliphatic hydroxyl groups excluding tert-OH is 1. The van der Waals surface area contributed by atoms with Crippen molar-refractivity contribution in [3.05, 3.63) is 22.4 Å². The van der Waals surface area contributed by atoms with Crippen LogP contribution in [-0.2, 0) is 4.79 Å². The van der Waals surface area contributed by atoms with Gasteiger partial charge in [0.1, 0.15) is 6.04 Å². The molecule has 1 aromatic rings. The molecule has 1 aromatic heterocycles. The lowest BCUT2D eigenvalue weighted by atomic mass is 10.2. The standard InChI is InChI=1S/C13H18N2O4S/c1-8(11-4-3-5-20-11)14(2)13(19)15-7-9(16)6-10(15)12(17)18/h3-5,8-10,16H,6-7H2,1-2H3,(H,17,18)/t8?,9-,10+/m1/s1. The van der Waals surface area contributed by atoms with Crippen LogP contribution in [0.5, 0.6) is 0 Å². The van der Waals surface area contributed by atoms with Crippen LogP contribution in [0, 0.1) is 0 Å². The third kappa shape index (κ3) is 2.78. The monoisotopic (exact) mass is 298 g/mol. The fourth-order valence-corrected chi connectivity index (χ4v) is 3.17. The average Bonchev–Trinajstić information content (AvgIpc) is 3.04. The Morgan fingerprint density at radius 2 is 2.25 bits per heavy atom. The van der Waals surface area contributed by atoms with Crippen LogP contribution in [0.3, 0.4) is 0 Å². The number of carbonyl (C=O) groups excluding carboxylic acids is 1. The number of aliphatic carboxylic acids is 1. The smallest absolute Gasteiger partial charge is 0.326 e. The summed E-state index contributed by atoms with van der Waals surface area (Å²) >= 11 is 1.55. The molecule has 110 valence electrons. The summed E-state index contributed by atoms with van der Waals surface area (Å²) in [4.78, 5) is 27.4. The van der Waals surface area contributed by atoms with Crippen molar-refractivity contribution in [2.45, 2.75) is 31.5 Å². The summed E-state index contributed by atoms with van der Waals surface area (Å²) < 4.78 is 0. The molecule has 1 saturated heterocycles. The van der Waals surface area contributed by atoms with Crippen molar-refractivity contribution in [3.8, 4) is 0 Å². The lowest BCUT2D eigenvalue weighted by Crippen LogP contribution is -2.47. The van der Waals surface area contributed by atoms with Crippen LogP contribution in [0.2, 0.25) is 0 Å². The molecule has 1 aliphatic rings. The van der Waals surface area contributed by atoms with Crippen molar-refractivity contribution < 1.29 is 19.8 Å². The van der Waals surface area contributed by atoms with Gasteiger partial charge in [-0.05, 0) is 18.4 Å². The number of carboxylic acids is 1. The van der Waals surface area contributed by atoms with Gasteiger partial charge in [0.05, 0.1) is 12.1 Å². The van der Waals surface area contributed by atoms with Crippen LogP contribution >= 0.6 is 11.3 Å². The topological polar surface area (TPSA) is 81.1 Å². The zero-order chi connectivity index (χ0) is 14.9. The molecule has 3 atom stereocenters. The zero-order valence-electron chi connectivity index (χ0n) is 11.4. The molecule has 0 spiro atoms. The molecule has 1 fully saturated rings. The van der Waals surface area contributed by atoms with Crippen LogP contribution < -0.4 is 0 Å². The molecule has 6 nitrogen and oxygen atoms in total. The Morgan fingerprint density at radius 3 is 2.80 bits per heavy atom. The Labute approximate surface area is 121 Å². The average molecular weight is 298 g/mol. The summed E-state index contributed by atoms with van der Waals surface area (Å²) in [6, 6.07) is 2.40. The number of hydrogen-bond donors (Lipinski definition) is 2. The van der Waals surface area contributed by atoms with Gasteiger partial charge in [0.2, 0.25) is 0 Å². The Morgan fingerprint density at radius 1 is 1.55 bits per heavy atom. The number of β-amino-alcohol motifs (C(OH)–C–C–N with tert-alkyl or cyclic N) is 1. The van der Waals surface area contributed by atoms with Gasteiger partial charge in [-0.2, -0.15) is 0 Å². The molecule has 2 amide bonds. The second-order valence-corrected chi connectivity index (χ2v) is 5.96. The molecule has 0 aliphatic carbocycles. The minimum Gasteiger partial charge on any atom is -0.480 e. The van der Waals surface area contributed by atoms with Crippen molar-refractivity contribution >= 4 is 23.3 Å². The Bertz CT molecular complexity index is 491. The maximum atomic E-state index is 12.4. The number of nitrogens with zero attached hydrogens (tertiary/aromatic N) is 2. The summed E-state index contributed by atoms with van der Waals surface area (Å²) in [7, 11) is 1.65. The van der Waals surface area contributed by atoms with Gasteiger partial charge in [-0.1, -0.05) is 6.07 Å². The van der Waals surface area contributed by atoms with Crippen LogP contribution in [0.1, 0.15) is 24.3 Å². The van der Waals surface area contributed by atoms with Gasteiger partial charge >= 0.3 is 12.0 Å². The van der Waals surface area contributed by atoms with Crippen LogP contribution in [0.4, 0.5) is 4.79 Å². The Kier molecular flexibility index (Phi) is 4.29. The van der Waals surface area contributed by atoms with Crippen LogP contribution in [-0.4, -0.2) is 57.8 Å². The van der Waals surface area contributed by atoms with E-state index in [1.165, 1.54) is 9.80 Å². The van der Waals surface area contributed by atoms with E-state index in [1.54, 1.807) is 18.4 Å². The third-order valence-electron chi connectivity index (χ3n) is 3.65. The fourth-order valence-electron chi connectivity index (χ4n) is 2.35. The number of carboxylic acid groups (broad SMARTS) is 1. The molecule has 2 rings (SSSR count). The molecule has 0 aromatic carbocycles. The number of carbonyl (C=O) groups is 2. The molecule has 1 unspecified atom stereocenters. The van der Waals surface area contributed by atoms with Gasteiger partial charge in [0.25, 0.3) is 0 Å². The van der Waals surface area contributed by atoms with Crippen molar-refractivity contribution in [3.63, 3.8) is 0 Å². The highest BCUT2D eigenvalue weighted by molar-refractivity contribution is 7.10. The number of rotatable bonds is 3. The summed E-state index contributed by atoms with van der Waals surface area (Å²) in [5.74, 6) is -1.08. The van der Waals surface area contributed by atoms with E-state index in [9.17, 15) is 14.7 Å². The predicted molar refractivity (Wildman–Crippen MR) is 74.6 cm³/mol. The van der Waals surface area contributed by atoms with Crippen molar-refractivity contribution in [2.24, 2.45) is 0 Å². The third-order valence-corrected chi connectivity index (χ3v) is 4.69. The van der Waals surface area contributed by atoms with E-state index < -0.39 is 18.1 Å². The van der Waals surface area contributed by atoms with Crippen molar-refractivity contribution in [1.82, 2.24) is 9.80 Å². The molecule has 0 saturated carbocycles. The quantitative estimate of drug-likeness (QED) is 0.883. The Hall–Kier alpha value is -1.60. The minimum atomic E-state index is -1.08. The van der Waals surface area contributed by atoms with Gasteiger partial charge in [-0.15, -0.1) is 11.3 Å².